The molecule has 1 aromatic heterocycles. The lowest BCUT2D eigenvalue weighted by Crippen LogP contribution is -2.31. The van der Waals surface area contributed by atoms with E-state index in [1.165, 1.54) is 0 Å². The third-order valence-corrected chi connectivity index (χ3v) is 3.24. The molecule has 0 aliphatic heterocycles. The summed E-state index contributed by atoms with van der Waals surface area (Å²) in [6.45, 7) is 0. The van der Waals surface area contributed by atoms with Gasteiger partial charge in [0.1, 0.15) is 0 Å². The zero-order chi connectivity index (χ0) is 11.8. The smallest absolute Gasteiger partial charge is 0.392 e. The average molecular weight is 299 g/mol. The van der Waals surface area contributed by atoms with Crippen molar-refractivity contribution in [1.82, 2.24) is 10.2 Å². The van der Waals surface area contributed by atoms with Crippen molar-refractivity contribution in [2.24, 2.45) is 5.92 Å². The van der Waals surface area contributed by atoms with Crippen LogP contribution in [0.5, 0.6) is 0 Å². The Morgan fingerprint density at radius 1 is 1.19 bits per heavy atom. The van der Waals surface area contributed by atoms with E-state index in [4.69, 9.17) is 4.42 Å². The zero-order valence-electron chi connectivity index (χ0n) is 8.30. The maximum Gasteiger partial charge on any atom is 0.392 e. The van der Waals surface area contributed by atoms with Crippen molar-refractivity contribution in [3.63, 3.8) is 0 Å². The van der Waals surface area contributed by atoms with Gasteiger partial charge >= 0.3 is 6.18 Å². The number of hydrogen-bond acceptors (Lipinski definition) is 3. The van der Waals surface area contributed by atoms with Crippen LogP contribution in [0, 0.1) is 5.92 Å². The first-order chi connectivity index (χ1) is 7.48. The fraction of sp³-hybridized carbons (Fsp3) is 0.778. The fourth-order valence-electron chi connectivity index (χ4n) is 2.18. The van der Waals surface area contributed by atoms with E-state index >= 15 is 0 Å². The molecule has 1 heterocycles. The van der Waals surface area contributed by atoms with Gasteiger partial charge in [-0.3, -0.25) is 0 Å². The summed E-state index contributed by atoms with van der Waals surface area (Å²) in [5.41, 5.74) is 0. The van der Waals surface area contributed by atoms with E-state index in [2.05, 4.69) is 26.1 Å². The van der Waals surface area contributed by atoms with Crippen LogP contribution in [0.4, 0.5) is 13.2 Å². The van der Waals surface area contributed by atoms with Gasteiger partial charge in [-0.05, 0) is 12.8 Å². The minimum atomic E-state index is -4.19. The molecular weight excluding hydrogens is 289 g/mol. The molecule has 1 aliphatic carbocycles. The normalized spacial score (nSPS) is 27.0. The van der Waals surface area contributed by atoms with E-state index < -0.39 is 18.0 Å². The maximum atomic E-state index is 12.8. The van der Waals surface area contributed by atoms with Gasteiger partial charge in [-0.25, -0.2) is 0 Å². The summed E-state index contributed by atoms with van der Waals surface area (Å²) in [6.07, 6.45) is -2.20. The van der Waals surface area contributed by atoms with Gasteiger partial charge in [0.25, 0.3) is 4.80 Å². The largest absolute Gasteiger partial charge is 0.415 e. The Bertz CT molecular complexity index is 366. The van der Waals surface area contributed by atoms with E-state index in [0.29, 0.717) is 12.8 Å². The summed E-state index contributed by atoms with van der Waals surface area (Å²) in [5.74, 6) is -1.95. The number of alkyl halides is 3. The van der Waals surface area contributed by atoms with Crippen molar-refractivity contribution in [2.45, 2.75) is 37.8 Å². The molecule has 1 aromatic rings. The van der Waals surface area contributed by atoms with Crippen LogP contribution in [0.1, 0.15) is 37.5 Å². The second kappa shape index (κ2) is 4.35. The van der Waals surface area contributed by atoms with E-state index in [1.54, 1.807) is 0 Å². The number of aromatic nitrogens is 2. The molecule has 0 aromatic carbocycles. The Morgan fingerprint density at radius 2 is 1.88 bits per heavy atom. The second-order valence-corrected chi connectivity index (χ2v) is 4.61. The van der Waals surface area contributed by atoms with Crippen LogP contribution < -0.4 is 0 Å². The standard InChI is InChI=1S/C9H10BrF3N2O/c10-8-15-14-7(16-8)5-3-1-2-4-6(5)9(11,12)13/h5-6H,1-4H2. The van der Waals surface area contributed by atoms with Crippen LogP contribution in [-0.2, 0) is 0 Å². The molecule has 1 aliphatic rings. The summed E-state index contributed by atoms with van der Waals surface area (Å²) >= 11 is 2.95. The Morgan fingerprint density at radius 3 is 2.44 bits per heavy atom. The minimum Gasteiger partial charge on any atom is -0.415 e. The van der Waals surface area contributed by atoms with E-state index in [1.807, 2.05) is 0 Å². The van der Waals surface area contributed by atoms with Crippen LogP contribution in [0.15, 0.2) is 9.22 Å². The highest BCUT2D eigenvalue weighted by molar-refractivity contribution is 9.10. The molecule has 0 amide bonds. The molecule has 1 saturated carbocycles. The Labute approximate surface area is 98.5 Å². The lowest BCUT2D eigenvalue weighted by molar-refractivity contribution is -0.188. The van der Waals surface area contributed by atoms with Gasteiger partial charge < -0.3 is 4.42 Å². The highest BCUT2D eigenvalue weighted by Gasteiger charge is 2.47. The Balaban J connectivity index is 2.23. The highest BCUT2D eigenvalue weighted by atomic mass is 79.9. The molecule has 2 rings (SSSR count). The van der Waals surface area contributed by atoms with E-state index in [9.17, 15) is 13.2 Å². The molecule has 3 nitrogen and oxygen atoms in total. The topological polar surface area (TPSA) is 38.9 Å². The van der Waals surface area contributed by atoms with Crippen molar-refractivity contribution in [1.29, 1.82) is 0 Å². The molecule has 90 valence electrons. The molecule has 0 radical (unpaired) electrons. The van der Waals surface area contributed by atoms with Gasteiger partial charge in [0.05, 0.1) is 5.92 Å². The molecule has 0 spiro atoms. The minimum absolute atomic E-state index is 0.0916. The first-order valence-corrected chi connectivity index (χ1v) is 5.83. The summed E-state index contributed by atoms with van der Waals surface area (Å²) in [7, 11) is 0. The first-order valence-electron chi connectivity index (χ1n) is 5.04. The average Bonchev–Trinajstić information content (AvgIpc) is 2.64. The second-order valence-electron chi connectivity index (χ2n) is 3.93. The Hall–Kier alpha value is -0.590. The van der Waals surface area contributed by atoms with Gasteiger partial charge in [-0.2, -0.15) is 13.2 Å². The fourth-order valence-corrected chi connectivity index (χ4v) is 2.43. The number of nitrogens with zero attached hydrogens (tertiary/aromatic N) is 2. The molecule has 0 bridgehead atoms. The predicted octanol–water partition coefficient (Wildman–Crippen LogP) is 3.67. The number of halogens is 4. The van der Waals surface area contributed by atoms with Gasteiger partial charge in [0.2, 0.25) is 5.89 Å². The van der Waals surface area contributed by atoms with Gasteiger partial charge in [-0.15, -0.1) is 10.2 Å². The number of rotatable bonds is 1. The van der Waals surface area contributed by atoms with Crippen LogP contribution in [0.25, 0.3) is 0 Å². The predicted molar refractivity (Wildman–Crippen MR) is 52.8 cm³/mol. The van der Waals surface area contributed by atoms with E-state index in [-0.39, 0.29) is 17.1 Å². The molecule has 0 saturated heterocycles. The third kappa shape index (κ3) is 2.39. The van der Waals surface area contributed by atoms with Crippen molar-refractivity contribution in [3.8, 4) is 0 Å². The molecular formula is C9H10BrF3N2O. The van der Waals surface area contributed by atoms with Crippen molar-refractivity contribution < 1.29 is 17.6 Å². The molecule has 2 atom stereocenters. The van der Waals surface area contributed by atoms with Crippen molar-refractivity contribution >= 4 is 15.9 Å². The van der Waals surface area contributed by atoms with Crippen LogP contribution in [0.3, 0.4) is 0 Å². The van der Waals surface area contributed by atoms with Crippen molar-refractivity contribution in [2.75, 3.05) is 0 Å². The van der Waals surface area contributed by atoms with Crippen LogP contribution in [0.2, 0.25) is 0 Å². The Kier molecular flexibility index (Phi) is 3.23. The number of hydrogen-bond donors (Lipinski definition) is 0. The van der Waals surface area contributed by atoms with Crippen LogP contribution in [-0.4, -0.2) is 16.4 Å². The van der Waals surface area contributed by atoms with Gasteiger partial charge in [-0.1, -0.05) is 12.8 Å². The van der Waals surface area contributed by atoms with Crippen molar-refractivity contribution in [3.05, 3.63) is 10.7 Å². The molecule has 1 fully saturated rings. The lowest BCUT2D eigenvalue weighted by atomic mass is 9.79. The van der Waals surface area contributed by atoms with Crippen LogP contribution >= 0.6 is 15.9 Å². The zero-order valence-corrected chi connectivity index (χ0v) is 9.88. The SMILES string of the molecule is FC(F)(F)C1CCCCC1c1nnc(Br)o1. The van der Waals surface area contributed by atoms with Gasteiger partial charge in [0.15, 0.2) is 0 Å². The van der Waals surface area contributed by atoms with E-state index in [0.717, 1.165) is 6.42 Å². The van der Waals surface area contributed by atoms with Gasteiger partial charge in [0, 0.05) is 21.8 Å². The highest BCUT2D eigenvalue weighted by Crippen LogP contribution is 2.46. The summed E-state index contributed by atoms with van der Waals surface area (Å²) < 4.78 is 43.4. The quantitative estimate of drug-likeness (QED) is 0.794. The third-order valence-electron chi connectivity index (χ3n) is 2.92. The first kappa shape index (κ1) is 11.9. The summed E-state index contributed by atoms with van der Waals surface area (Å²) in [4.78, 5) is 0.133. The maximum absolute atomic E-state index is 12.8. The molecule has 7 heteroatoms. The summed E-state index contributed by atoms with van der Waals surface area (Å²) in [5, 5.41) is 7.18. The summed E-state index contributed by atoms with van der Waals surface area (Å²) in [6, 6.07) is 0. The lowest BCUT2D eigenvalue weighted by Gasteiger charge is -2.30. The monoisotopic (exact) mass is 298 g/mol. The molecule has 2 unspecified atom stereocenters. The molecule has 16 heavy (non-hydrogen) atoms. The molecule has 0 N–H and O–H groups in total.